The van der Waals surface area contributed by atoms with Gasteiger partial charge in [0, 0.05) is 36.6 Å². The van der Waals surface area contributed by atoms with Crippen LogP contribution in [-0.2, 0) is 9.47 Å². The molecular weight excluding hydrogens is 478 g/mol. The van der Waals surface area contributed by atoms with Gasteiger partial charge in [-0.2, -0.15) is 0 Å². The zero-order valence-corrected chi connectivity index (χ0v) is 22.2. The number of hydrogen-bond acceptors (Lipinski definition) is 7. The summed E-state index contributed by atoms with van der Waals surface area (Å²) < 4.78 is 16.6. The Kier molecular flexibility index (Phi) is 9.12. The Morgan fingerprint density at radius 1 is 1.21 bits per heavy atom. The molecule has 7 heteroatoms. The molecule has 1 fully saturated rings. The molecule has 2 aromatic rings. The standard InChI is InChI=1S/C31H39N3O4/c1-36-26-9-10-29-28(19-26)27(11-13-32-29)30(35)21-34-14-5-8-25(12-15-34)33-20-24(31-22-37-16-17-38-31)18-23-6-3-2-4-7-23/h2-3,6,9-11,13,16-17,19,22,24-25,30,33,35H,4-5,7-8,12,14-15,18,20-21H2,1H3. The van der Waals surface area contributed by atoms with Gasteiger partial charge < -0.3 is 29.5 Å². The smallest absolute Gasteiger partial charge is 0.143 e. The molecule has 3 atom stereocenters. The summed E-state index contributed by atoms with van der Waals surface area (Å²) in [5.74, 6) is 1.89. The van der Waals surface area contributed by atoms with Gasteiger partial charge in [0.15, 0.2) is 0 Å². The molecule has 0 saturated carbocycles. The summed E-state index contributed by atoms with van der Waals surface area (Å²) in [5, 5.41) is 16.0. The molecule has 0 bridgehead atoms. The number of likely N-dealkylation sites (tertiary alicyclic amines) is 1. The number of aliphatic hydroxyl groups is 1. The Bertz CT molecular complexity index is 1200. The molecule has 38 heavy (non-hydrogen) atoms. The molecule has 202 valence electrons. The van der Waals surface area contributed by atoms with E-state index in [1.54, 1.807) is 32.1 Å². The minimum absolute atomic E-state index is 0.232. The van der Waals surface area contributed by atoms with Gasteiger partial charge in [-0.05, 0) is 81.4 Å². The van der Waals surface area contributed by atoms with Crippen molar-refractivity contribution < 1.29 is 19.3 Å². The third-order valence-corrected chi connectivity index (χ3v) is 7.78. The average molecular weight is 518 g/mol. The van der Waals surface area contributed by atoms with Gasteiger partial charge in [0.05, 0.1) is 18.7 Å². The number of benzene rings is 1. The molecule has 2 N–H and O–H groups in total. The van der Waals surface area contributed by atoms with E-state index in [4.69, 9.17) is 14.2 Å². The van der Waals surface area contributed by atoms with E-state index >= 15 is 0 Å². The van der Waals surface area contributed by atoms with E-state index in [-0.39, 0.29) is 5.92 Å². The number of fused-ring (bicyclic) bond motifs is 1. The normalized spacial score (nSPS) is 21.6. The van der Waals surface area contributed by atoms with Crippen LogP contribution in [0.1, 0.15) is 50.2 Å². The molecule has 1 aromatic carbocycles. The van der Waals surface area contributed by atoms with Crippen molar-refractivity contribution in [3.8, 4) is 5.75 Å². The Morgan fingerprint density at radius 2 is 2.16 bits per heavy atom. The van der Waals surface area contributed by atoms with Gasteiger partial charge in [-0.3, -0.25) is 4.98 Å². The highest BCUT2D eigenvalue weighted by molar-refractivity contribution is 5.83. The molecular formula is C31H39N3O4. The first kappa shape index (κ1) is 26.5. The number of nitrogens with zero attached hydrogens (tertiary/aromatic N) is 2. The predicted octanol–water partition coefficient (Wildman–Crippen LogP) is 5.36. The number of aromatic nitrogens is 1. The van der Waals surface area contributed by atoms with Crippen LogP contribution < -0.4 is 10.1 Å². The molecule has 1 aliphatic carbocycles. The lowest BCUT2D eigenvalue weighted by molar-refractivity contribution is 0.115. The van der Waals surface area contributed by atoms with E-state index < -0.39 is 6.10 Å². The van der Waals surface area contributed by atoms with Crippen molar-refractivity contribution in [3.63, 3.8) is 0 Å². The maximum Gasteiger partial charge on any atom is 0.143 e. The quantitative estimate of drug-likeness (QED) is 0.439. The molecule has 3 aliphatic rings. The predicted molar refractivity (Wildman–Crippen MR) is 149 cm³/mol. The van der Waals surface area contributed by atoms with E-state index in [0.717, 1.165) is 86.1 Å². The lowest BCUT2D eigenvalue weighted by Crippen LogP contribution is -2.36. The largest absolute Gasteiger partial charge is 0.497 e. The summed E-state index contributed by atoms with van der Waals surface area (Å²) in [6.45, 7) is 3.39. The minimum Gasteiger partial charge on any atom is -0.497 e. The third kappa shape index (κ3) is 6.84. The van der Waals surface area contributed by atoms with E-state index in [2.05, 4.69) is 33.4 Å². The van der Waals surface area contributed by atoms with Crippen LogP contribution in [0.25, 0.3) is 10.9 Å². The number of hydrogen-bond donors (Lipinski definition) is 2. The highest BCUT2D eigenvalue weighted by Gasteiger charge is 2.24. The van der Waals surface area contributed by atoms with Gasteiger partial charge in [-0.15, -0.1) is 0 Å². The number of allylic oxidation sites excluding steroid dienone is 4. The molecule has 1 aromatic heterocycles. The second-order valence-electron chi connectivity index (χ2n) is 10.4. The molecule has 2 aliphatic heterocycles. The zero-order chi connectivity index (χ0) is 26.2. The highest BCUT2D eigenvalue weighted by atomic mass is 16.5. The molecule has 0 spiro atoms. The van der Waals surface area contributed by atoms with Gasteiger partial charge >= 0.3 is 0 Å². The molecule has 7 nitrogen and oxygen atoms in total. The van der Waals surface area contributed by atoms with Crippen LogP contribution in [-0.4, -0.2) is 54.3 Å². The topological polar surface area (TPSA) is 76.1 Å². The maximum atomic E-state index is 11.2. The van der Waals surface area contributed by atoms with Crippen molar-refractivity contribution in [3.05, 3.63) is 84.4 Å². The second-order valence-corrected chi connectivity index (χ2v) is 10.4. The average Bonchev–Trinajstić information content (AvgIpc) is 3.20. The number of ether oxygens (including phenoxy) is 3. The summed E-state index contributed by atoms with van der Waals surface area (Å²) in [5.41, 5.74) is 3.23. The lowest BCUT2D eigenvalue weighted by atomic mass is 9.92. The van der Waals surface area contributed by atoms with Crippen LogP contribution in [0.2, 0.25) is 0 Å². The van der Waals surface area contributed by atoms with Crippen LogP contribution in [0.5, 0.6) is 5.75 Å². The Hall–Kier alpha value is -3.13. The molecule has 3 heterocycles. The van der Waals surface area contributed by atoms with E-state index in [1.165, 1.54) is 5.57 Å². The summed E-state index contributed by atoms with van der Waals surface area (Å²) in [4.78, 5) is 6.85. The second kappa shape index (κ2) is 13.1. The van der Waals surface area contributed by atoms with Gasteiger partial charge in [-0.1, -0.05) is 23.8 Å². The van der Waals surface area contributed by atoms with Crippen LogP contribution in [0, 0.1) is 5.92 Å². The molecule has 3 unspecified atom stereocenters. The molecule has 0 radical (unpaired) electrons. The molecule has 1 saturated heterocycles. The van der Waals surface area contributed by atoms with Crippen LogP contribution in [0.15, 0.2) is 78.8 Å². The fourth-order valence-electron chi connectivity index (χ4n) is 5.64. The summed E-state index contributed by atoms with van der Waals surface area (Å²) in [7, 11) is 1.66. The first-order chi connectivity index (χ1) is 18.7. The first-order valence-electron chi connectivity index (χ1n) is 13.8. The van der Waals surface area contributed by atoms with E-state index in [9.17, 15) is 5.11 Å². The zero-order valence-electron chi connectivity index (χ0n) is 22.2. The van der Waals surface area contributed by atoms with Crippen molar-refractivity contribution in [1.29, 1.82) is 0 Å². The van der Waals surface area contributed by atoms with E-state index in [1.807, 2.05) is 24.3 Å². The van der Waals surface area contributed by atoms with E-state index in [0.29, 0.717) is 12.6 Å². The van der Waals surface area contributed by atoms with Gasteiger partial charge in [0.2, 0.25) is 0 Å². The van der Waals surface area contributed by atoms with Crippen molar-refractivity contribution in [2.45, 2.75) is 50.7 Å². The Balaban J connectivity index is 1.17. The SMILES string of the molecule is COc1ccc2nccc(C(O)CN3CCCC(NCC(CC4=CC=CCC4)C4=COC=CO4)CC3)c2c1. The summed E-state index contributed by atoms with van der Waals surface area (Å²) in [6, 6.07) is 8.17. The number of β-amino-alcohol motifs (C(OH)–C–C–N with tert-alkyl or cyclic N) is 1. The summed E-state index contributed by atoms with van der Waals surface area (Å²) in [6.07, 6.45) is 19.2. The first-order valence-corrected chi connectivity index (χ1v) is 13.8. The van der Waals surface area contributed by atoms with Gasteiger partial charge in [0.25, 0.3) is 0 Å². The fourth-order valence-corrected chi connectivity index (χ4v) is 5.64. The number of rotatable bonds is 10. The van der Waals surface area contributed by atoms with Crippen molar-refractivity contribution in [2.75, 3.05) is 33.3 Å². The Morgan fingerprint density at radius 3 is 2.97 bits per heavy atom. The lowest BCUT2D eigenvalue weighted by Gasteiger charge is -2.26. The van der Waals surface area contributed by atoms with Crippen LogP contribution in [0.4, 0.5) is 0 Å². The van der Waals surface area contributed by atoms with Crippen LogP contribution >= 0.6 is 0 Å². The monoisotopic (exact) mass is 517 g/mol. The Labute approximate surface area is 225 Å². The van der Waals surface area contributed by atoms with Crippen molar-refractivity contribution in [1.82, 2.24) is 15.2 Å². The summed E-state index contributed by atoms with van der Waals surface area (Å²) >= 11 is 0. The minimum atomic E-state index is -0.581. The van der Waals surface area contributed by atoms with Gasteiger partial charge in [-0.25, -0.2) is 0 Å². The number of nitrogens with one attached hydrogen (secondary N) is 1. The van der Waals surface area contributed by atoms with Crippen LogP contribution in [0.3, 0.4) is 0 Å². The molecule has 0 amide bonds. The fraction of sp³-hybridized carbons (Fsp3) is 0.452. The molecule has 5 rings (SSSR count). The van der Waals surface area contributed by atoms with Gasteiger partial charge in [0.1, 0.15) is 30.3 Å². The van der Waals surface area contributed by atoms with Crippen molar-refractivity contribution >= 4 is 10.9 Å². The maximum absolute atomic E-state index is 11.2. The van der Waals surface area contributed by atoms with Crippen molar-refractivity contribution in [2.24, 2.45) is 5.92 Å². The number of aliphatic hydroxyl groups excluding tert-OH is 1. The highest BCUT2D eigenvalue weighted by Crippen LogP contribution is 2.29. The number of pyridine rings is 1. The number of methoxy groups -OCH3 is 1. The third-order valence-electron chi connectivity index (χ3n) is 7.78.